The number of fused-ring (bicyclic) bond motifs is 6. The molecule has 0 spiro atoms. The molecule has 12 rings (SSSR count). The fraction of sp³-hybridized carbons (Fsp3) is 0.0164. The Morgan fingerprint density at radius 1 is 0.302 bits per heavy atom. The van der Waals surface area contributed by atoms with Crippen LogP contribution in [0, 0.1) is 0 Å². The minimum atomic E-state index is 0.812. The van der Waals surface area contributed by atoms with Gasteiger partial charge in [0.2, 0.25) is 0 Å². The van der Waals surface area contributed by atoms with Crippen LogP contribution < -0.4 is 0 Å². The zero-order chi connectivity index (χ0) is 41.7. The fourth-order valence-corrected chi connectivity index (χ4v) is 9.67. The Balaban J connectivity index is 1.03. The van der Waals surface area contributed by atoms with Crippen LogP contribution in [-0.4, -0.2) is 9.13 Å². The van der Waals surface area contributed by atoms with Crippen LogP contribution in [-0.2, 0) is 6.42 Å². The Hall–Kier alpha value is -8.20. The lowest BCUT2D eigenvalue weighted by molar-refractivity contribution is 1.00. The second kappa shape index (κ2) is 15.4. The number of benzene rings is 9. The van der Waals surface area contributed by atoms with Crippen LogP contribution in [0.5, 0.6) is 0 Å². The van der Waals surface area contributed by atoms with Gasteiger partial charge in [-0.05, 0) is 122 Å². The quantitative estimate of drug-likeness (QED) is 0.152. The Kier molecular flexibility index (Phi) is 8.93. The van der Waals surface area contributed by atoms with Gasteiger partial charge in [0.25, 0.3) is 0 Å². The summed E-state index contributed by atoms with van der Waals surface area (Å²) >= 11 is 0. The molecule has 0 amide bonds. The van der Waals surface area contributed by atoms with E-state index in [0.29, 0.717) is 0 Å². The molecular weight excluding hydrogens is 761 g/mol. The number of rotatable bonds is 7. The standard InChI is InChI=1S/C61H42N2/c1-5-14-42(15-6-1)46-24-31-52(32-25-46)62-58-23-13-22-48(38-54(58)55-39-49(28-35-59(55)62)44-18-9-3-10-19-44)51-30-37-61-57(41-51)56-40-50(45-20-11-4-12-21-45)29-36-60(56)63(61)53-33-26-47(27-34-53)43-16-7-2-8-17-43/h1-22,24-41H,23H2. The third-order valence-corrected chi connectivity index (χ3v) is 12.8. The topological polar surface area (TPSA) is 9.86 Å². The van der Waals surface area contributed by atoms with Crippen molar-refractivity contribution in [3.05, 3.63) is 253 Å². The van der Waals surface area contributed by atoms with Crippen LogP contribution in [0.4, 0.5) is 0 Å². The van der Waals surface area contributed by atoms with Crippen molar-refractivity contribution in [3.63, 3.8) is 0 Å². The first kappa shape index (κ1) is 36.6. The highest BCUT2D eigenvalue weighted by Gasteiger charge is 2.21. The van der Waals surface area contributed by atoms with Crippen LogP contribution in [0.1, 0.15) is 16.8 Å². The van der Waals surface area contributed by atoms with Crippen molar-refractivity contribution in [2.75, 3.05) is 0 Å². The second-order valence-electron chi connectivity index (χ2n) is 16.5. The zero-order valence-electron chi connectivity index (χ0n) is 34.7. The molecule has 2 nitrogen and oxygen atoms in total. The molecule has 296 valence electrons. The summed E-state index contributed by atoms with van der Waals surface area (Å²) in [5, 5.41) is 3.73. The van der Waals surface area contributed by atoms with Crippen LogP contribution in [0.2, 0.25) is 0 Å². The predicted molar refractivity (Wildman–Crippen MR) is 267 cm³/mol. The molecule has 0 unspecified atom stereocenters. The lowest BCUT2D eigenvalue weighted by Crippen LogP contribution is -2.00. The lowest BCUT2D eigenvalue weighted by Gasteiger charge is -2.12. The van der Waals surface area contributed by atoms with Gasteiger partial charge in [0, 0.05) is 45.2 Å². The first-order chi connectivity index (χ1) is 31.2. The van der Waals surface area contributed by atoms with Gasteiger partial charge in [0.1, 0.15) is 0 Å². The van der Waals surface area contributed by atoms with E-state index in [-0.39, 0.29) is 0 Å². The van der Waals surface area contributed by atoms with Gasteiger partial charge in [-0.2, -0.15) is 0 Å². The van der Waals surface area contributed by atoms with Crippen molar-refractivity contribution >= 4 is 44.4 Å². The molecule has 9 aromatic carbocycles. The summed E-state index contributed by atoms with van der Waals surface area (Å²) in [4.78, 5) is 0. The Bertz CT molecular complexity index is 3520. The number of hydrogen-bond acceptors (Lipinski definition) is 0. The molecule has 0 N–H and O–H groups in total. The molecule has 63 heavy (non-hydrogen) atoms. The molecule has 11 aromatic rings. The Labute approximate surface area is 367 Å². The minimum Gasteiger partial charge on any atom is -0.313 e. The highest BCUT2D eigenvalue weighted by Crippen LogP contribution is 2.41. The van der Waals surface area contributed by atoms with Gasteiger partial charge >= 0.3 is 0 Å². The largest absolute Gasteiger partial charge is 0.313 e. The van der Waals surface area contributed by atoms with E-state index < -0.39 is 0 Å². The van der Waals surface area contributed by atoms with E-state index in [4.69, 9.17) is 0 Å². The number of nitrogens with zero attached hydrogens (tertiary/aromatic N) is 2. The molecule has 0 saturated carbocycles. The molecule has 0 saturated heterocycles. The number of allylic oxidation sites excluding steroid dienone is 3. The van der Waals surface area contributed by atoms with Gasteiger partial charge in [0.15, 0.2) is 0 Å². The molecule has 0 bridgehead atoms. The molecule has 1 aliphatic carbocycles. The van der Waals surface area contributed by atoms with E-state index >= 15 is 0 Å². The Morgan fingerprint density at radius 3 is 1.16 bits per heavy atom. The van der Waals surface area contributed by atoms with Gasteiger partial charge in [-0.25, -0.2) is 0 Å². The SMILES string of the molecule is C1=CC(c2ccc3c(c2)c2cc(-c4ccccc4)ccc2n3-c2ccc(-c3ccccc3)cc2)=Cc2c(n(-c3ccc(-c4ccccc4)cc3)c3ccc(-c4ccccc4)cc23)C1. The average molecular weight is 803 g/mol. The molecular formula is C61H42N2. The fourth-order valence-electron chi connectivity index (χ4n) is 9.67. The van der Waals surface area contributed by atoms with Crippen molar-refractivity contribution in [2.45, 2.75) is 6.42 Å². The van der Waals surface area contributed by atoms with E-state index in [2.05, 4.69) is 252 Å². The van der Waals surface area contributed by atoms with Crippen molar-refractivity contribution in [2.24, 2.45) is 0 Å². The maximum atomic E-state index is 2.48. The minimum absolute atomic E-state index is 0.812. The summed E-state index contributed by atoms with van der Waals surface area (Å²) in [6, 6.07) is 81.7. The summed E-state index contributed by atoms with van der Waals surface area (Å²) in [6.45, 7) is 0. The van der Waals surface area contributed by atoms with E-state index in [1.807, 2.05) is 0 Å². The van der Waals surface area contributed by atoms with E-state index in [1.165, 1.54) is 105 Å². The molecule has 0 radical (unpaired) electrons. The Morgan fingerprint density at radius 2 is 0.667 bits per heavy atom. The number of hydrogen-bond donors (Lipinski definition) is 0. The summed E-state index contributed by atoms with van der Waals surface area (Å²) in [5.41, 5.74) is 20.6. The first-order valence-corrected chi connectivity index (χ1v) is 21.8. The van der Waals surface area contributed by atoms with Crippen LogP contribution >= 0.6 is 0 Å². The highest BCUT2D eigenvalue weighted by atomic mass is 15.0. The van der Waals surface area contributed by atoms with Crippen molar-refractivity contribution in [3.8, 4) is 55.9 Å². The smallest absolute Gasteiger partial charge is 0.0541 e. The van der Waals surface area contributed by atoms with Gasteiger partial charge in [-0.1, -0.05) is 176 Å². The normalized spacial score (nSPS) is 12.4. The molecule has 0 fully saturated rings. The monoisotopic (exact) mass is 802 g/mol. The van der Waals surface area contributed by atoms with E-state index in [0.717, 1.165) is 12.1 Å². The maximum absolute atomic E-state index is 2.48. The van der Waals surface area contributed by atoms with E-state index in [9.17, 15) is 0 Å². The number of aromatic nitrogens is 2. The molecule has 1 aliphatic rings. The van der Waals surface area contributed by atoms with Crippen molar-refractivity contribution in [1.82, 2.24) is 9.13 Å². The summed E-state index contributed by atoms with van der Waals surface area (Å²) < 4.78 is 4.90. The third kappa shape index (κ3) is 6.52. The lowest BCUT2D eigenvalue weighted by atomic mass is 9.98. The third-order valence-electron chi connectivity index (χ3n) is 12.8. The second-order valence-corrected chi connectivity index (χ2v) is 16.5. The molecule has 0 aliphatic heterocycles. The van der Waals surface area contributed by atoms with Crippen LogP contribution in [0.25, 0.3) is 100 Å². The van der Waals surface area contributed by atoms with Crippen molar-refractivity contribution < 1.29 is 0 Å². The van der Waals surface area contributed by atoms with E-state index in [1.54, 1.807) is 0 Å². The van der Waals surface area contributed by atoms with Crippen LogP contribution in [0.3, 0.4) is 0 Å². The van der Waals surface area contributed by atoms with Gasteiger partial charge in [-0.15, -0.1) is 0 Å². The van der Waals surface area contributed by atoms with Gasteiger partial charge in [0.05, 0.1) is 16.6 Å². The molecule has 2 heteroatoms. The maximum Gasteiger partial charge on any atom is 0.0541 e. The average Bonchev–Trinajstić information content (AvgIpc) is 3.75. The first-order valence-electron chi connectivity index (χ1n) is 21.8. The molecule has 2 heterocycles. The summed E-state index contributed by atoms with van der Waals surface area (Å²) in [6.07, 6.45) is 7.92. The predicted octanol–water partition coefficient (Wildman–Crippen LogP) is 16.0. The van der Waals surface area contributed by atoms with Crippen molar-refractivity contribution in [1.29, 1.82) is 0 Å². The highest BCUT2D eigenvalue weighted by molar-refractivity contribution is 6.12. The molecule has 0 atom stereocenters. The molecule has 2 aromatic heterocycles. The van der Waals surface area contributed by atoms with Gasteiger partial charge < -0.3 is 9.13 Å². The summed E-state index contributed by atoms with van der Waals surface area (Å²) in [5.74, 6) is 0. The van der Waals surface area contributed by atoms with Crippen LogP contribution in [0.15, 0.2) is 237 Å². The zero-order valence-corrected chi connectivity index (χ0v) is 34.7. The summed E-state index contributed by atoms with van der Waals surface area (Å²) in [7, 11) is 0. The van der Waals surface area contributed by atoms with Gasteiger partial charge in [-0.3, -0.25) is 0 Å².